The third kappa shape index (κ3) is 3.14. The lowest BCUT2D eigenvalue weighted by atomic mass is 10.1. The summed E-state index contributed by atoms with van der Waals surface area (Å²) < 4.78 is 24.9. The van der Waals surface area contributed by atoms with E-state index < -0.39 is 16.6 Å². The first-order chi connectivity index (χ1) is 7.34. The smallest absolute Gasteiger partial charge is 0.127 e. The highest BCUT2D eigenvalue weighted by Crippen LogP contribution is 2.19. The third-order valence-electron chi connectivity index (χ3n) is 2.14. The minimum absolute atomic E-state index is 0.144. The first kappa shape index (κ1) is 12.9. The second-order valence-electron chi connectivity index (χ2n) is 4.52. The summed E-state index contributed by atoms with van der Waals surface area (Å²) in [5.41, 5.74) is 0.731. The largest absolute Gasteiger partial charge is 0.259 e. The molecule has 0 aliphatic heterocycles. The van der Waals surface area contributed by atoms with Crippen LogP contribution in [0.1, 0.15) is 31.9 Å². The molecule has 0 bridgehead atoms. The van der Waals surface area contributed by atoms with E-state index in [9.17, 15) is 8.60 Å². The molecule has 0 radical (unpaired) electrons. The number of halogens is 1. The Bertz CT molecular complexity index is 457. The quantitative estimate of drug-likeness (QED) is 0.796. The van der Waals surface area contributed by atoms with Crippen LogP contribution in [-0.2, 0) is 16.6 Å². The molecular weight excluding hydrogens is 225 g/mol. The van der Waals surface area contributed by atoms with Gasteiger partial charge in [0.15, 0.2) is 0 Å². The predicted octanol–water partition coefficient (Wildman–Crippen LogP) is 2.74. The number of nitrogens with zero attached hydrogens (tertiary/aromatic N) is 1. The van der Waals surface area contributed by atoms with Crippen LogP contribution in [0.25, 0.3) is 0 Å². The van der Waals surface area contributed by atoms with Gasteiger partial charge in [-0.1, -0.05) is 0 Å². The average Bonchev–Trinajstić information content (AvgIpc) is 2.19. The highest BCUT2D eigenvalue weighted by atomic mass is 32.2. The minimum Gasteiger partial charge on any atom is -0.259 e. The van der Waals surface area contributed by atoms with Crippen molar-refractivity contribution in [1.82, 2.24) is 0 Å². The Morgan fingerprint density at radius 2 is 2.06 bits per heavy atom. The van der Waals surface area contributed by atoms with Gasteiger partial charge in [-0.25, -0.2) is 4.39 Å². The van der Waals surface area contributed by atoms with Gasteiger partial charge in [-0.2, -0.15) is 5.26 Å². The van der Waals surface area contributed by atoms with Crippen LogP contribution < -0.4 is 0 Å². The lowest BCUT2D eigenvalue weighted by Gasteiger charge is -2.17. The molecule has 0 saturated carbocycles. The summed E-state index contributed by atoms with van der Waals surface area (Å²) in [6, 6.07) is 6.06. The highest BCUT2D eigenvalue weighted by molar-refractivity contribution is 7.85. The van der Waals surface area contributed by atoms with E-state index in [4.69, 9.17) is 5.26 Å². The molecule has 0 aliphatic carbocycles. The molecule has 2 nitrogen and oxygen atoms in total. The van der Waals surface area contributed by atoms with E-state index in [0.29, 0.717) is 11.1 Å². The summed E-state index contributed by atoms with van der Waals surface area (Å²) in [6.45, 7) is 5.53. The molecule has 0 saturated heterocycles. The van der Waals surface area contributed by atoms with Gasteiger partial charge in [0.05, 0.1) is 17.4 Å². The number of rotatable bonds is 2. The van der Waals surface area contributed by atoms with Crippen molar-refractivity contribution in [3.05, 3.63) is 35.1 Å². The van der Waals surface area contributed by atoms with E-state index in [2.05, 4.69) is 0 Å². The molecule has 1 aromatic rings. The maximum atomic E-state index is 13.4. The summed E-state index contributed by atoms with van der Waals surface area (Å²) in [4.78, 5) is 0. The molecule has 1 atom stereocenters. The van der Waals surface area contributed by atoms with E-state index in [-0.39, 0.29) is 10.5 Å². The molecule has 16 heavy (non-hydrogen) atoms. The van der Waals surface area contributed by atoms with Crippen LogP contribution in [0.4, 0.5) is 4.39 Å². The van der Waals surface area contributed by atoms with Gasteiger partial charge in [0, 0.05) is 21.1 Å². The van der Waals surface area contributed by atoms with Crippen molar-refractivity contribution in [2.75, 3.05) is 0 Å². The molecule has 0 aliphatic rings. The van der Waals surface area contributed by atoms with Gasteiger partial charge >= 0.3 is 0 Å². The molecule has 0 N–H and O–H groups in total. The van der Waals surface area contributed by atoms with E-state index in [0.717, 1.165) is 0 Å². The van der Waals surface area contributed by atoms with E-state index in [1.165, 1.54) is 18.2 Å². The molecule has 1 aromatic carbocycles. The lowest BCUT2D eigenvalue weighted by molar-refractivity contribution is 0.611. The van der Waals surface area contributed by atoms with Crippen molar-refractivity contribution in [2.45, 2.75) is 31.3 Å². The Morgan fingerprint density at radius 1 is 1.44 bits per heavy atom. The zero-order chi connectivity index (χ0) is 12.3. The fourth-order valence-electron chi connectivity index (χ4n) is 1.11. The summed E-state index contributed by atoms with van der Waals surface area (Å²) in [6.07, 6.45) is 0. The Hall–Kier alpha value is -1.21. The first-order valence-electron chi connectivity index (χ1n) is 4.91. The van der Waals surface area contributed by atoms with E-state index in [1.807, 2.05) is 26.8 Å². The van der Waals surface area contributed by atoms with Crippen molar-refractivity contribution in [3.63, 3.8) is 0 Å². The second kappa shape index (κ2) is 4.75. The van der Waals surface area contributed by atoms with Crippen molar-refractivity contribution in [1.29, 1.82) is 5.26 Å². The molecule has 4 heteroatoms. The summed E-state index contributed by atoms with van der Waals surface area (Å²) in [5, 5.41) is 8.70. The van der Waals surface area contributed by atoms with Crippen LogP contribution in [0.2, 0.25) is 0 Å². The Morgan fingerprint density at radius 3 is 2.56 bits per heavy atom. The third-order valence-corrected chi connectivity index (χ3v) is 4.08. The van der Waals surface area contributed by atoms with Crippen LogP contribution in [0, 0.1) is 17.1 Å². The first-order valence-corrected chi connectivity index (χ1v) is 6.23. The standard InChI is InChI=1S/C12H14FNOS/c1-12(2,3)16(15)8-10-6-9(7-14)4-5-11(10)13/h4-6H,8H2,1-3H3. The summed E-state index contributed by atoms with van der Waals surface area (Å²) in [5.74, 6) is -0.262. The fraction of sp³-hybridized carbons (Fsp3) is 0.417. The van der Waals surface area contributed by atoms with Crippen molar-refractivity contribution < 1.29 is 8.60 Å². The summed E-state index contributed by atoms with van der Waals surface area (Å²) >= 11 is 0. The molecule has 0 amide bonds. The molecule has 1 unspecified atom stereocenters. The summed E-state index contributed by atoms with van der Waals surface area (Å²) in [7, 11) is -1.16. The van der Waals surface area contributed by atoms with Gasteiger partial charge in [0.25, 0.3) is 0 Å². The zero-order valence-electron chi connectivity index (χ0n) is 9.58. The number of hydrogen-bond acceptors (Lipinski definition) is 2. The molecule has 86 valence electrons. The Balaban J connectivity index is 2.98. The van der Waals surface area contributed by atoms with Crippen LogP contribution in [0.3, 0.4) is 0 Å². The molecule has 0 aromatic heterocycles. The predicted molar refractivity (Wildman–Crippen MR) is 62.7 cm³/mol. The minimum atomic E-state index is -1.16. The number of nitriles is 1. The van der Waals surface area contributed by atoms with Crippen LogP contribution >= 0.6 is 0 Å². The van der Waals surface area contributed by atoms with Gasteiger partial charge in [-0.3, -0.25) is 4.21 Å². The monoisotopic (exact) mass is 239 g/mol. The van der Waals surface area contributed by atoms with Gasteiger partial charge in [0.2, 0.25) is 0 Å². The van der Waals surface area contributed by atoms with Gasteiger partial charge in [0.1, 0.15) is 5.82 Å². The maximum Gasteiger partial charge on any atom is 0.127 e. The Labute approximate surface area is 97.6 Å². The number of hydrogen-bond donors (Lipinski definition) is 0. The van der Waals surface area contributed by atoms with Gasteiger partial charge in [-0.15, -0.1) is 0 Å². The van der Waals surface area contributed by atoms with Crippen molar-refractivity contribution in [2.24, 2.45) is 0 Å². The molecule has 1 rings (SSSR count). The SMILES string of the molecule is CC(C)(C)S(=O)Cc1cc(C#N)ccc1F. The molecule has 0 spiro atoms. The zero-order valence-corrected chi connectivity index (χ0v) is 10.4. The van der Waals surface area contributed by atoms with E-state index in [1.54, 1.807) is 0 Å². The molecule has 0 fully saturated rings. The maximum absolute atomic E-state index is 13.4. The molecular formula is C12H14FNOS. The average molecular weight is 239 g/mol. The molecule has 0 heterocycles. The fourth-order valence-corrected chi connectivity index (χ4v) is 2.05. The van der Waals surface area contributed by atoms with Crippen molar-refractivity contribution in [3.8, 4) is 6.07 Å². The van der Waals surface area contributed by atoms with Crippen LogP contribution in [0.5, 0.6) is 0 Å². The highest BCUT2D eigenvalue weighted by Gasteiger charge is 2.20. The number of benzene rings is 1. The normalized spacial score (nSPS) is 13.2. The van der Waals surface area contributed by atoms with Crippen LogP contribution in [-0.4, -0.2) is 8.96 Å². The van der Waals surface area contributed by atoms with E-state index >= 15 is 0 Å². The Kier molecular flexibility index (Phi) is 3.82. The topological polar surface area (TPSA) is 40.9 Å². The van der Waals surface area contributed by atoms with Gasteiger partial charge < -0.3 is 0 Å². The van der Waals surface area contributed by atoms with Crippen LogP contribution in [0.15, 0.2) is 18.2 Å². The second-order valence-corrected chi connectivity index (χ2v) is 6.72. The van der Waals surface area contributed by atoms with Gasteiger partial charge in [-0.05, 0) is 39.0 Å². The lowest BCUT2D eigenvalue weighted by Crippen LogP contribution is -2.23. The van der Waals surface area contributed by atoms with Crippen molar-refractivity contribution >= 4 is 10.8 Å².